The van der Waals surface area contributed by atoms with Crippen LogP contribution in [0.1, 0.15) is 84.3 Å². The Kier molecular flexibility index (Phi) is 3.86. The van der Waals surface area contributed by atoms with Crippen molar-refractivity contribution in [1.82, 2.24) is 4.90 Å². The average Bonchev–Trinajstić information content (AvgIpc) is 3.49. The number of rotatable bonds is 3. The summed E-state index contributed by atoms with van der Waals surface area (Å²) in [5, 5.41) is 35.9. The van der Waals surface area contributed by atoms with Gasteiger partial charge < -0.3 is 20.1 Å². The maximum Gasteiger partial charge on any atom is 0.165 e. The van der Waals surface area contributed by atoms with Crippen molar-refractivity contribution >= 4 is 0 Å². The number of hydrogen-bond acceptors (Lipinski definition) is 5. The molecule has 3 N–H and O–H groups in total. The van der Waals surface area contributed by atoms with Gasteiger partial charge in [-0.1, -0.05) is 33.8 Å². The molecule has 1 aromatic carbocycles. The van der Waals surface area contributed by atoms with Gasteiger partial charge in [-0.25, -0.2) is 0 Å². The van der Waals surface area contributed by atoms with Gasteiger partial charge in [0, 0.05) is 34.4 Å². The van der Waals surface area contributed by atoms with Crippen LogP contribution in [-0.4, -0.2) is 56.7 Å². The number of phenols is 1. The largest absolute Gasteiger partial charge is 0.504 e. The van der Waals surface area contributed by atoms with E-state index in [9.17, 15) is 15.3 Å². The first-order chi connectivity index (χ1) is 15.8. The van der Waals surface area contributed by atoms with Gasteiger partial charge in [0.15, 0.2) is 11.5 Å². The van der Waals surface area contributed by atoms with E-state index in [1.54, 1.807) is 0 Å². The number of hydrogen-bond donors (Lipinski definition) is 3. The minimum absolute atomic E-state index is 0.168. The van der Waals surface area contributed by atoms with Crippen molar-refractivity contribution in [1.29, 1.82) is 0 Å². The number of fused-ring (bicyclic) bond motifs is 2. The predicted octanol–water partition coefficient (Wildman–Crippen LogP) is 4.15. The zero-order chi connectivity index (χ0) is 24.1. The van der Waals surface area contributed by atoms with E-state index in [1.165, 1.54) is 24.0 Å². The SMILES string of the molecule is CC(C)(C)[C@@](C)(O)[C@@]1(O)C[C@@]23CC[C@@]1(C)[C@@H]1Oc4c(O)ccc5c4[C@@]12CCN(CC1CC1)[C@@H]3C5. The van der Waals surface area contributed by atoms with Gasteiger partial charge in [-0.15, -0.1) is 0 Å². The Labute approximate surface area is 203 Å². The van der Waals surface area contributed by atoms with E-state index in [2.05, 4.69) is 17.9 Å². The van der Waals surface area contributed by atoms with Gasteiger partial charge in [-0.3, -0.25) is 4.90 Å². The van der Waals surface area contributed by atoms with Crippen molar-refractivity contribution < 1.29 is 20.1 Å². The Balaban J connectivity index is 1.49. The standard InChI is InChI=1S/C29H41NO4/c1-24(2,3)26(5,32)29(33)16-27-11-10-25(29,4)23-28(27)12-13-30(15-17-6-7-17)20(27)14-18-8-9-19(31)22(34-23)21(18)28/h8-9,17,20,23,31-33H,6-7,10-16H2,1-5H3/t20-,23+,25+,26-,27-,28+,29-/m1/s1. The van der Waals surface area contributed by atoms with Crippen molar-refractivity contribution in [3.8, 4) is 11.5 Å². The lowest BCUT2D eigenvalue weighted by molar-refractivity contribution is -0.348. The number of phenolic OH excluding ortho intramolecular Hbond substituents is 1. The molecule has 5 heteroatoms. The normalized spacial score (nSPS) is 46.1. The first-order valence-corrected chi connectivity index (χ1v) is 13.5. The van der Waals surface area contributed by atoms with Gasteiger partial charge in [0.2, 0.25) is 0 Å². The molecule has 1 aromatic rings. The van der Waals surface area contributed by atoms with Crippen LogP contribution in [0.2, 0.25) is 0 Å². The number of piperidine rings is 1. The fourth-order valence-electron chi connectivity index (χ4n) is 9.73. The third-order valence-electron chi connectivity index (χ3n) is 12.2. The number of aromatic hydroxyl groups is 1. The summed E-state index contributed by atoms with van der Waals surface area (Å²) in [4.78, 5) is 2.74. The first-order valence-electron chi connectivity index (χ1n) is 13.5. The molecule has 4 saturated carbocycles. The molecule has 186 valence electrons. The summed E-state index contributed by atoms with van der Waals surface area (Å²) in [6, 6.07) is 4.27. The summed E-state index contributed by atoms with van der Waals surface area (Å²) < 4.78 is 6.83. The van der Waals surface area contributed by atoms with E-state index in [4.69, 9.17) is 4.74 Å². The van der Waals surface area contributed by atoms with Gasteiger partial charge in [-0.2, -0.15) is 0 Å². The fraction of sp³-hybridized carbons (Fsp3) is 0.793. The van der Waals surface area contributed by atoms with Crippen LogP contribution in [-0.2, 0) is 11.8 Å². The Morgan fingerprint density at radius 2 is 1.85 bits per heavy atom. The lowest BCUT2D eigenvalue weighted by Gasteiger charge is -2.78. The minimum atomic E-state index is -1.29. The van der Waals surface area contributed by atoms with Gasteiger partial charge in [0.25, 0.3) is 0 Å². The molecule has 0 unspecified atom stereocenters. The summed E-state index contributed by atoms with van der Waals surface area (Å²) >= 11 is 0. The van der Waals surface area contributed by atoms with E-state index in [-0.39, 0.29) is 22.7 Å². The van der Waals surface area contributed by atoms with Crippen LogP contribution in [0.4, 0.5) is 0 Å². The molecule has 5 aliphatic carbocycles. The highest BCUT2D eigenvalue weighted by atomic mass is 16.5. The molecule has 34 heavy (non-hydrogen) atoms. The molecule has 0 radical (unpaired) electrons. The van der Waals surface area contributed by atoms with E-state index in [0.29, 0.717) is 18.2 Å². The number of ether oxygens (including phenoxy) is 1. The Bertz CT molecular complexity index is 1090. The molecule has 2 aliphatic heterocycles. The third kappa shape index (κ3) is 2.09. The molecule has 2 spiro atoms. The van der Waals surface area contributed by atoms with Crippen LogP contribution >= 0.6 is 0 Å². The molecule has 8 rings (SSSR count). The Hall–Kier alpha value is -1.30. The van der Waals surface area contributed by atoms with E-state index >= 15 is 0 Å². The molecular weight excluding hydrogens is 426 g/mol. The maximum atomic E-state index is 12.8. The highest BCUT2D eigenvalue weighted by Crippen LogP contribution is 2.80. The molecule has 7 atom stereocenters. The number of likely N-dealkylation sites (tertiary alicyclic amines) is 1. The summed E-state index contributed by atoms with van der Waals surface area (Å²) in [5.74, 6) is 1.70. The van der Waals surface area contributed by atoms with Crippen molar-refractivity contribution in [2.24, 2.45) is 22.2 Å². The summed E-state index contributed by atoms with van der Waals surface area (Å²) in [6.45, 7) is 12.4. The van der Waals surface area contributed by atoms with Crippen molar-refractivity contribution in [3.05, 3.63) is 23.3 Å². The molecule has 2 heterocycles. The zero-order valence-corrected chi connectivity index (χ0v) is 21.4. The van der Waals surface area contributed by atoms with Crippen LogP contribution < -0.4 is 4.74 Å². The van der Waals surface area contributed by atoms with Crippen LogP contribution in [0.3, 0.4) is 0 Å². The molecule has 0 amide bonds. The van der Waals surface area contributed by atoms with Gasteiger partial charge in [-0.05, 0) is 81.4 Å². The average molecular weight is 468 g/mol. The molecule has 0 aromatic heterocycles. The number of benzene rings is 1. The second-order valence-corrected chi connectivity index (χ2v) is 14.3. The van der Waals surface area contributed by atoms with E-state index < -0.39 is 22.0 Å². The lowest BCUT2D eigenvalue weighted by Crippen LogP contribution is -2.85. The number of aliphatic hydroxyl groups is 2. The quantitative estimate of drug-likeness (QED) is 0.623. The first kappa shape index (κ1) is 21.9. The number of nitrogens with zero attached hydrogens (tertiary/aromatic N) is 1. The molecule has 5 fully saturated rings. The monoisotopic (exact) mass is 467 g/mol. The van der Waals surface area contributed by atoms with Crippen LogP contribution in [0.5, 0.6) is 11.5 Å². The summed E-state index contributed by atoms with van der Waals surface area (Å²) in [6.07, 6.45) is 6.86. The van der Waals surface area contributed by atoms with Crippen molar-refractivity contribution in [2.75, 3.05) is 13.1 Å². The highest BCUT2D eigenvalue weighted by molar-refractivity contribution is 5.63. The van der Waals surface area contributed by atoms with E-state index in [1.807, 2.05) is 33.8 Å². The Morgan fingerprint density at radius 3 is 2.53 bits per heavy atom. The smallest absolute Gasteiger partial charge is 0.165 e. The van der Waals surface area contributed by atoms with Crippen LogP contribution in [0, 0.1) is 22.2 Å². The second kappa shape index (κ2) is 5.98. The fourth-order valence-corrected chi connectivity index (χ4v) is 9.73. The predicted molar refractivity (Wildman–Crippen MR) is 130 cm³/mol. The lowest BCUT2D eigenvalue weighted by atomic mass is 9.29. The molecular formula is C29H41NO4. The van der Waals surface area contributed by atoms with Gasteiger partial charge in [0.1, 0.15) is 11.7 Å². The minimum Gasteiger partial charge on any atom is -0.504 e. The summed E-state index contributed by atoms with van der Waals surface area (Å²) in [5.41, 5.74) is -1.50. The maximum absolute atomic E-state index is 12.8. The second-order valence-electron chi connectivity index (χ2n) is 14.3. The zero-order valence-electron chi connectivity index (χ0n) is 21.4. The van der Waals surface area contributed by atoms with Gasteiger partial charge >= 0.3 is 0 Å². The molecule has 7 aliphatic rings. The third-order valence-corrected chi connectivity index (χ3v) is 12.2. The van der Waals surface area contributed by atoms with Crippen LogP contribution in [0.25, 0.3) is 0 Å². The molecule has 1 saturated heterocycles. The van der Waals surface area contributed by atoms with E-state index in [0.717, 1.165) is 44.7 Å². The van der Waals surface area contributed by atoms with Crippen LogP contribution in [0.15, 0.2) is 12.1 Å². The van der Waals surface area contributed by atoms with Gasteiger partial charge in [0.05, 0.1) is 5.60 Å². The topological polar surface area (TPSA) is 73.2 Å². The summed E-state index contributed by atoms with van der Waals surface area (Å²) in [7, 11) is 0. The highest BCUT2D eigenvalue weighted by Gasteiger charge is 2.84. The Morgan fingerprint density at radius 1 is 1.12 bits per heavy atom. The molecule has 5 nitrogen and oxygen atoms in total. The van der Waals surface area contributed by atoms with Crippen molar-refractivity contribution in [3.63, 3.8) is 0 Å². The molecule has 4 bridgehead atoms. The van der Waals surface area contributed by atoms with Crippen molar-refractivity contribution in [2.45, 2.75) is 108 Å².